The van der Waals surface area contributed by atoms with Crippen LogP contribution in [0.25, 0.3) is 0 Å². The van der Waals surface area contributed by atoms with E-state index in [2.05, 4.69) is 10.2 Å². The monoisotopic (exact) mass is 268 g/mol. The number of ether oxygens (including phenoxy) is 1. The van der Waals surface area contributed by atoms with Gasteiger partial charge in [0, 0.05) is 12.6 Å². The highest BCUT2D eigenvalue weighted by Crippen LogP contribution is 2.34. The van der Waals surface area contributed by atoms with Crippen LogP contribution in [0.1, 0.15) is 22.1 Å². The molecule has 1 atom stereocenters. The predicted octanol–water partition coefficient (Wildman–Crippen LogP) is 2.57. The van der Waals surface area contributed by atoms with Crippen molar-refractivity contribution in [3.8, 4) is 5.75 Å². The van der Waals surface area contributed by atoms with Gasteiger partial charge in [0.2, 0.25) is 0 Å². The molecule has 2 aromatic carbocycles. The summed E-state index contributed by atoms with van der Waals surface area (Å²) in [6, 6.07) is 15.3. The van der Waals surface area contributed by atoms with Crippen molar-refractivity contribution < 1.29 is 9.53 Å². The van der Waals surface area contributed by atoms with Gasteiger partial charge in [-0.25, -0.2) is 0 Å². The van der Waals surface area contributed by atoms with E-state index in [-0.39, 0.29) is 12.1 Å². The fraction of sp³-hybridized carbons (Fsp3) is 0.188. The summed E-state index contributed by atoms with van der Waals surface area (Å²) in [5.41, 5.74) is 2.56. The zero-order valence-electron chi connectivity index (χ0n) is 11.5. The molecule has 0 unspecified atom stereocenters. The third-order valence-corrected chi connectivity index (χ3v) is 3.62. The first kappa shape index (κ1) is 12.5. The molecule has 20 heavy (non-hydrogen) atoms. The van der Waals surface area contributed by atoms with E-state index in [1.807, 2.05) is 55.6 Å². The Hall–Kier alpha value is -2.49. The molecule has 3 rings (SSSR count). The molecule has 4 nitrogen and oxygen atoms in total. The number of carbonyl (C=O) groups excluding carboxylic acids is 1. The van der Waals surface area contributed by atoms with Gasteiger partial charge in [0.05, 0.1) is 18.4 Å². The summed E-state index contributed by atoms with van der Waals surface area (Å²) in [4.78, 5) is 14.3. The van der Waals surface area contributed by atoms with Crippen LogP contribution in [0.4, 0.5) is 5.69 Å². The number of nitrogens with zero attached hydrogens (tertiary/aromatic N) is 1. The molecular formula is C16H16N2O2. The van der Waals surface area contributed by atoms with E-state index in [4.69, 9.17) is 4.74 Å². The van der Waals surface area contributed by atoms with E-state index < -0.39 is 0 Å². The van der Waals surface area contributed by atoms with Gasteiger partial charge < -0.3 is 15.0 Å². The van der Waals surface area contributed by atoms with Crippen LogP contribution in [-0.2, 0) is 0 Å². The number of carbonyl (C=O) groups is 1. The summed E-state index contributed by atoms with van der Waals surface area (Å²) >= 11 is 0. The van der Waals surface area contributed by atoms with E-state index in [0.717, 1.165) is 17.0 Å². The molecule has 0 bridgehead atoms. The van der Waals surface area contributed by atoms with E-state index in [1.54, 1.807) is 7.11 Å². The van der Waals surface area contributed by atoms with Crippen molar-refractivity contribution in [2.24, 2.45) is 0 Å². The average Bonchev–Trinajstić information content (AvgIpc) is 2.51. The lowest BCUT2D eigenvalue weighted by Crippen LogP contribution is -2.44. The van der Waals surface area contributed by atoms with Crippen molar-refractivity contribution in [1.82, 2.24) is 5.32 Å². The van der Waals surface area contributed by atoms with Crippen molar-refractivity contribution in [2.45, 2.75) is 6.17 Å². The van der Waals surface area contributed by atoms with Crippen LogP contribution >= 0.6 is 0 Å². The lowest BCUT2D eigenvalue weighted by Gasteiger charge is -2.36. The van der Waals surface area contributed by atoms with Crippen molar-refractivity contribution in [1.29, 1.82) is 0 Å². The summed E-state index contributed by atoms with van der Waals surface area (Å²) in [6.45, 7) is 0. The quantitative estimate of drug-likeness (QED) is 0.910. The number of methoxy groups -OCH3 is 1. The van der Waals surface area contributed by atoms with Crippen LogP contribution in [0, 0.1) is 0 Å². The molecule has 0 aliphatic carbocycles. The topological polar surface area (TPSA) is 41.6 Å². The zero-order chi connectivity index (χ0) is 14.1. The Kier molecular flexibility index (Phi) is 3.06. The van der Waals surface area contributed by atoms with Gasteiger partial charge in [-0.1, -0.05) is 30.3 Å². The van der Waals surface area contributed by atoms with Crippen molar-refractivity contribution in [3.05, 3.63) is 59.7 Å². The average molecular weight is 268 g/mol. The number of para-hydroxylation sites is 2. The Morgan fingerprint density at radius 2 is 1.80 bits per heavy atom. The Bertz CT molecular complexity index is 654. The number of amides is 1. The maximum Gasteiger partial charge on any atom is 0.255 e. The smallest absolute Gasteiger partial charge is 0.255 e. The predicted molar refractivity (Wildman–Crippen MR) is 78.0 cm³/mol. The molecule has 0 radical (unpaired) electrons. The van der Waals surface area contributed by atoms with E-state index in [9.17, 15) is 4.79 Å². The maximum atomic E-state index is 12.2. The van der Waals surface area contributed by atoms with Gasteiger partial charge in [-0.3, -0.25) is 4.79 Å². The Morgan fingerprint density at radius 3 is 2.60 bits per heavy atom. The molecule has 0 saturated carbocycles. The van der Waals surface area contributed by atoms with E-state index >= 15 is 0 Å². The van der Waals surface area contributed by atoms with Crippen LogP contribution in [-0.4, -0.2) is 20.1 Å². The number of anilines is 1. The van der Waals surface area contributed by atoms with Crippen LogP contribution in [0.2, 0.25) is 0 Å². The minimum absolute atomic E-state index is 0.0605. The van der Waals surface area contributed by atoms with Crippen LogP contribution in [0.3, 0.4) is 0 Å². The zero-order valence-corrected chi connectivity index (χ0v) is 11.5. The largest absolute Gasteiger partial charge is 0.496 e. The number of nitrogens with one attached hydrogen (secondary N) is 1. The SMILES string of the molecule is COc1ccccc1[C@H]1NC(=O)c2ccccc2N1C. The Balaban J connectivity index is 2.07. The molecule has 1 heterocycles. The highest BCUT2D eigenvalue weighted by atomic mass is 16.5. The third-order valence-electron chi connectivity index (χ3n) is 3.62. The van der Waals surface area contributed by atoms with Crippen molar-refractivity contribution >= 4 is 11.6 Å². The molecule has 1 N–H and O–H groups in total. The number of hydrogen-bond donors (Lipinski definition) is 1. The molecular weight excluding hydrogens is 252 g/mol. The van der Waals surface area contributed by atoms with E-state index in [0.29, 0.717) is 5.56 Å². The van der Waals surface area contributed by atoms with Gasteiger partial charge in [-0.15, -0.1) is 0 Å². The maximum absolute atomic E-state index is 12.2. The second-order valence-electron chi connectivity index (χ2n) is 4.75. The molecule has 0 spiro atoms. The van der Waals surface area contributed by atoms with Crippen LogP contribution < -0.4 is 15.0 Å². The first-order chi connectivity index (χ1) is 9.72. The van der Waals surface area contributed by atoms with Gasteiger partial charge in [-0.05, 0) is 18.2 Å². The van der Waals surface area contributed by atoms with Gasteiger partial charge in [0.15, 0.2) is 0 Å². The molecule has 4 heteroatoms. The number of rotatable bonds is 2. The molecule has 1 aliphatic heterocycles. The fourth-order valence-electron chi connectivity index (χ4n) is 2.59. The lowest BCUT2D eigenvalue weighted by atomic mass is 10.0. The van der Waals surface area contributed by atoms with Gasteiger partial charge in [0.1, 0.15) is 11.9 Å². The van der Waals surface area contributed by atoms with Crippen molar-refractivity contribution in [3.63, 3.8) is 0 Å². The molecule has 1 aliphatic rings. The Labute approximate surface area is 118 Å². The summed E-state index contributed by atoms with van der Waals surface area (Å²) in [7, 11) is 3.60. The minimum atomic E-state index is -0.228. The summed E-state index contributed by atoms with van der Waals surface area (Å²) in [5, 5.41) is 3.02. The molecule has 0 aromatic heterocycles. The number of fused-ring (bicyclic) bond motifs is 1. The second kappa shape index (κ2) is 4.89. The molecule has 1 amide bonds. The highest BCUT2D eigenvalue weighted by Gasteiger charge is 2.30. The van der Waals surface area contributed by atoms with Crippen molar-refractivity contribution in [2.75, 3.05) is 19.1 Å². The normalized spacial score (nSPS) is 17.4. The molecule has 102 valence electrons. The second-order valence-corrected chi connectivity index (χ2v) is 4.75. The number of benzene rings is 2. The minimum Gasteiger partial charge on any atom is -0.496 e. The van der Waals surface area contributed by atoms with E-state index in [1.165, 1.54) is 0 Å². The fourth-order valence-corrected chi connectivity index (χ4v) is 2.59. The first-order valence-electron chi connectivity index (χ1n) is 6.48. The summed E-state index contributed by atoms with van der Waals surface area (Å²) in [6.07, 6.45) is -0.228. The van der Waals surface area contributed by atoms with Crippen LogP contribution in [0.15, 0.2) is 48.5 Å². The van der Waals surface area contributed by atoms with Gasteiger partial charge >= 0.3 is 0 Å². The summed E-state index contributed by atoms with van der Waals surface area (Å²) in [5.74, 6) is 0.707. The molecule has 0 fully saturated rings. The standard InChI is InChI=1S/C16H16N2O2/c1-18-13-9-5-3-7-11(13)16(19)17-15(18)12-8-4-6-10-14(12)20-2/h3-10,15H,1-2H3,(H,17,19)/t15-/m0/s1. The first-order valence-corrected chi connectivity index (χ1v) is 6.48. The Morgan fingerprint density at radius 1 is 1.10 bits per heavy atom. The third kappa shape index (κ3) is 1.90. The highest BCUT2D eigenvalue weighted by molar-refractivity contribution is 6.02. The van der Waals surface area contributed by atoms with Gasteiger partial charge in [-0.2, -0.15) is 0 Å². The van der Waals surface area contributed by atoms with Crippen LogP contribution in [0.5, 0.6) is 5.75 Å². The molecule has 0 saturated heterocycles. The lowest BCUT2D eigenvalue weighted by molar-refractivity contribution is 0.0927. The summed E-state index contributed by atoms with van der Waals surface area (Å²) < 4.78 is 5.39. The van der Waals surface area contributed by atoms with Gasteiger partial charge in [0.25, 0.3) is 5.91 Å². The number of hydrogen-bond acceptors (Lipinski definition) is 3. The molecule has 2 aromatic rings.